The Morgan fingerprint density at radius 2 is 1.86 bits per heavy atom. The summed E-state index contributed by atoms with van der Waals surface area (Å²) in [6.07, 6.45) is 7.33. The molecule has 1 N–H and O–H groups in total. The second-order valence-corrected chi connectivity index (χ2v) is 9.06. The molecule has 0 radical (unpaired) electrons. The summed E-state index contributed by atoms with van der Waals surface area (Å²) in [6.45, 7) is 0.346. The highest BCUT2D eigenvalue weighted by Crippen LogP contribution is 2.53. The molecule has 8 nitrogen and oxygen atoms in total. The average molecular weight is 399 g/mol. The Balaban J connectivity index is 1.19. The highest BCUT2D eigenvalue weighted by atomic mass is 16.6. The molecule has 4 fully saturated rings. The van der Waals surface area contributed by atoms with E-state index in [2.05, 4.69) is 5.32 Å². The summed E-state index contributed by atoms with van der Waals surface area (Å²) in [5.41, 5.74) is 0.595. The number of amides is 1. The highest BCUT2D eigenvalue weighted by molar-refractivity contribution is 5.77. The second kappa shape index (κ2) is 7.00. The fourth-order valence-electron chi connectivity index (χ4n) is 6.20. The number of aromatic nitrogens is 1. The zero-order valence-corrected chi connectivity index (χ0v) is 16.2. The first-order valence-corrected chi connectivity index (χ1v) is 10.5. The number of nitro groups is 1. The molecule has 1 amide bonds. The number of rotatable bonds is 6. The van der Waals surface area contributed by atoms with E-state index in [1.54, 1.807) is 0 Å². The molecule has 0 spiro atoms. The van der Waals surface area contributed by atoms with Gasteiger partial charge in [-0.15, -0.1) is 0 Å². The molecule has 4 bridgehead atoms. The fourth-order valence-corrected chi connectivity index (χ4v) is 6.20. The van der Waals surface area contributed by atoms with Crippen molar-refractivity contribution < 1.29 is 14.1 Å². The molecule has 4 aliphatic carbocycles. The molecule has 8 heteroatoms. The van der Waals surface area contributed by atoms with Gasteiger partial charge in [-0.2, -0.15) is 0 Å². The quantitative estimate of drug-likeness (QED) is 0.593. The van der Waals surface area contributed by atoms with Crippen LogP contribution in [-0.2, 0) is 11.3 Å². The normalized spacial score (nSPS) is 30.0. The Bertz CT molecular complexity index is 995. The molecule has 2 aromatic rings. The highest BCUT2D eigenvalue weighted by Gasteiger charge is 2.48. The molecule has 6 rings (SSSR count). The Kier molecular flexibility index (Phi) is 4.44. The zero-order chi connectivity index (χ0) is 20.1. The van der Waals surface area contributed by atoms with Gasteiger partial charge in [-0.05, 0) is 68.3 Å². The van der Waals surface area contributed by atoms with Crippen LogP contribution < -0.4 is 11.1 Å². The lowest BCUT2D eigenvalue weighted by molar-refractivity contribution is -0.384. The van der Waals surface area contributed by atoms with Gasteiger partial charge < -0.3 is 9.73 Å². The van der Waals surface area contributed by atoms with Crippen molar-refractivity contribution in [2.75, 3.05) is 0 Å². The van der Waals surface area contributed by atoms with Crippen LogP contribution in [0.4, 0.5) is 5.69 Å². The standard InChI is InChI=1S/C21H25N3O5/c25-19(22-20-14-7-12-6-13(9-14)10-15(20)8-12)2-1-5-23-17-4-3-16(24(27)28)11-18(17)29-21(23)26/h3-4,11-15,20H,1-2,5-10H2,(H,22,25). The minimum Gasteiger partial charge on any atom is -0.407 e. The summed E-state index contributed by atoms with van der Waals surface area (Å²) >= 11 is 0. The topological polar surface area (TPSA) is 107 Å². The number of carbonyl (C=O) groups excluding carboxylic acids is 1. The maximum Gasteiger partial charge on any atom is 0.419 e. The van der Waals surface area contributed by atoms with Crippen LogP contribution >= 0.6 is 0 Å². The molecular formula is C21H25N3O5. The van der Waals surface area contributed by atoms with Crippen molar-refractivity contribution in [3.63, 3.8) is 0 Å². The van der Waals surface area contributed by atoms with Gasteiger partial charge in [-0.1, -0.05) is 0 Å². The molecule has 1 aromatic heterocycles. The van der Waals surface area contributed by atoms with Crippen molar-refractivity contribution in [3.8, 4) is 0 Å². The molecule has 154 valence electrons. The lowest BCUT2D eigenvalue weighted by atomic mass is 9.54. The molecule has 1 heterocycles. The minimum absolute atomic E-state index is 0.0546. The van der Waals surface area contributed by atoms with Gasteiger partial charge in [0, 0.05) is 25.1 Å². The average Bonchev–Trinajstić information content (AvgIpc) is 2.98. The number of nitrogens with one attached hydrogen (secondary N) is 1. The molecule has 29 heavy (non-hydrogen) atoms. The van der Waals surface area contributed by atoms with Gasteiger partial charge in [0.05, 0.1) is 16.5 Å². The van der Waals surface area contributed by atoms with E-state index in [-0.39, 0.29) is 17.2 Å². The van der Waals surface area contributed by atoms with Crippen molar-refractivity contribution in [1.29, 1.82) is 0 Å². The van der Waals surface area contributed by atoms with Gasteiger partial charge >= 0.3 is 5.76 Å². The van der Waals surface area contributed by atoms with E-state index >= 15 is 0 Å². The van der Waals surface area contributed by atoms with Gasteiger partial charge in [-0.3, -0.25) is 19.5 Å². The molecule has 0 saturated heterocycles. The largest absolute Gasteiger partial charge is 0.419 e. The van der Waals surface area contributed by atoms with Gasteiger partial charge in [-0.25, -0.2) is 4.79 Å². The van der Waals surface area contributed by atoms with Crippen LogP contribution in [0.5, 0.6) is 0 Å². The Labute approximate surface area is 167 Å². The van der Waals surface area contributed by atoms with Gasteiger partial charge in [0.15, 0.2) is 5.58 Å². The number of aryl methyl sites for hydroxylation is 1. The number of hydrogen-bond donors (Lipinski definition) is 1. The number of nitro benzene ring substituents is 1. The maximum absolute atomic E-state index is 12.5. The zero-order valence-electron chi connectivity index (χ0n) is 16.2. The predicted molar refractivity (Wildman–Crippen MR) is 105 cm³/mol. The molecule has 0 aliphatic heterocycles. The van der Waals surface area contributed by atoms with E-state index in [0.29, 0.717) is 42.8 Å². The second-order valence-electron chi connectivity index (χ2n) is 9.06. The van der Waals surface area contributed by atoms with Crippen molar-refractivity contribution in [2.24, 2.45) is 23.7 Å². The molecule has 1 aromatic carbocycles. The number of fused-ring (bicyclic) bond motifs is 1. The summed E-state index contributed by atoms with van der Waals surface area (Å²) in [5, 5.41) is 14.2. The summed E-state index contributed by atoms with van der Waals surface area (Å²) in [5.74, 6) is 2.55. The van der Waals surface area contributed by atoms with Gasteiger partial charge in [0.25, 0.3) is 5.69 Å². The van der Waals surface area contributed by atoms with Crippen molar-refractivity contribution in [2.45, 2.75) is 57.5 Å². The summed E-state index contributed by atoms with van der Waals surface area (Å²) in [6, 6.07) is 4.46. The third kappa shape index (κ3) is 3.34. The van der Waals surface area contributed by atoms with Crippen LogP contribution in [0.25, 0.3) is 11.1 Å². The number of carbonyl (C=O) groups is 1. The SMILES string of the molecule is O=C(CCCn1c(=O)oc2cc([N+](=O)[O-])ccc21)NC1C2CC3CC(C2)CC1C3. The number of non-ortho nitro benzene ring substituents is 1. The van der Waals surface area contributed by atoms with E-state index < -0.39 is 10.7 Å². The minimum atomic E-state index is -0.554. The Morgan fingerprint density at radius 1 is 1.17 bits per heavy atom. The summed E-state index contributed by atoms with van der Waals surface area (Å²) < 4.78 is 6.58. The predicted octanol–water partition coefficient (Wildman–Crippen LogP) is 3.22. The Morgan fingerprint density at radius 3 is 2.52 bits per heavy atom. The first-order chi connectivity index (χ1) is 14.0. The van der Waals surface area contributed by atoms with Crippen LogP contribution in [0.15, 0.2) is 27.4 Å². The van der Waals surface area contributed by atoms with Crippen LogP contribution in [-0.4, -0.2) is 21.4 Å². The van der Waals surface area contributed by atoms with Crippen LogP contribution in [0.1, 0.15) is 44.9 Å². The lowest BCUT2D eigenvalue weighted by Gasteiger charge is -2.54. The molecule has 4 aliphatic rings. The third-order valence-electron chi connectivity index (χ3n) is 7.20. The van der Waals surface area contributed by atoms with Crippen molar-refractivity contribution >= 4 is 22.7 Å². The van der Waals surface area contributed by atoms with Gasteiger partial charge in [0.1, 0.15) is 0 Å². The summed E-state index contributed by atoms with van der Waals surface area (Å²) in [4.78, 5) is 35.0. The smallest absolute Gasteiger partial charge is 0.407 e. The maximum atomic E-state index is 12.5. The van der Waals surface area contributed by atoms with Gasteiger partial charge in [0.2, 0.25) is 5.91 Å². The number of nitrogens with zero attached hydrogens (tertiary/aromatic N) is 2. The first kappa shape index (κ1) is 18.4. The van der Waals surface area contributed by atoms with Crippen molar-refractivity contribution in [3.05, 3.63) is 38.9 Å². The Hall–Kier alpha value is -2.64. The monoisotopic (exact) mass is 399 g/mol. The number of benzene rings is 1. The van der Waals surface area contributed by atoms with Crippen LogP contribution in [0, 0.1) is 33.8 Å². The molecule has 4 saturated carbocycles. The molecule has 0 atom stereocenters. The number of oxazole rings is 1. The van der Waals surface area contributed by atoms with Crippen LogP contribution in [0.3, 0.4) is 0 Å². The van der Waals surface area contributed by atoms with E-state index in [4.69, 9.17) is 4.42 Å². The summed E-state index contributed by atoms with van der Waals surface area (Å²) in [7, 11) is 0. The van der Waals surface area contributed by atoms with E-state index in [1.165, 1.54) is 54.9 Å². The third-order valence-corrected chi connectivity index (χ3v) is 7.20. The fraction of sp³-hybridized carbons (Fsp3) is 0.619. The van der Waals surface area contributed by atoms with Crippen LogP contribution in [0.2, 0.25) is 0 Å². The first-order valence-electron chi connectivity index (χ1n) is 10.5. The molecule has 0 unspecified atom stereocenters. The molecular weight excluding hydrogens is 374 g/mol. The van der Waals surface area contributed by atoms with E-state index in [1.807, 2.05) is 0 Å². The van der Waals surface area contributed by atoms with E-state index in [0.717, 1.165) is 11.8 Å². The lowest BCUT2D eigenvalue weighted by Crippen LogP contribution is -2.55. The number of hydrogen-bond acceptors (Lipinski definition) is 5. The van der Waals surface area contributed by atoms with Crippen molar-refractivity contribution in [1.82, 2.24) is 9.88 Å². The van der Waals surface area contributed by atoms with E-state index in [9.17, 15) is 19.7 Å².